The monoisotopic (exact) mass is 540 g/mol. The molecule has 1 amide bonds. The molecule has 0 unspecified atom stereocenters. The number of hydrogen-bond donors (Lipinski definition) is 1. The Labute approximate surface area is 213 Å². The second kappa shape index (κ2) is 11.9. The van der Waals surface area contributed by atoms with Gasteiger partial charge in [-0.25, -0.2) is 12.8 Å². The summed E-state index contributed by atoms with van der Waals surface area (Å²) in [7, 11) is -3.54. The van der Waals surface area contributed by atoms with Crippen LogP contribution in [-0.4, -0.2) is 32.9 Å². The molecule has 3 rings (SSSR count). The van der Waals surface area contributed by atoms with Crippen LogP contribution in [0.5, 0.6) is 0 Å². The average molecular weight is 541 g/mol. The highest BCUT2D eigenvalue weighted by Gasteiger charge is 2.18. The van der Waals surface area contributed by atoms with Crippen molar-refractivity contribution in [3.63, 3.8) is 0 Å². The first-order valence-electron chi connectivity index (χ1n) is 10.3. The highest BCUT2D eigenvalue weighted by molar-refractivity contribution is 7.98. The van der Waals surface area contributed by atoms with Crippen LogP contribution >= 0.6 is 35.0 Å². The predicted molar refractivity (Wildman–Crippen MR) is 139 cm³/mol. The molecule has 0 radical (unpaired) electrons. The van der Waals surface area contributed by atoms with E-state index in [2.05, 4.69) is 5.32 Å². The van der Waals surface area contributed by atoms with Crippen LogP contribution in [0.4, 0.5) is 10.1 Å². The van der Waals surface area contributed by atoms with Crippen molar-refractivity contribution in [1.82, 2.24) is 5.32 Å². The van der Waals surface area contributed by atoms with Crippen molar-refractivity contribution in [2.75, 3.05) is 22.9 Å². The Kier molecular flexibility index (Phi) is 9.24. The zero-order chi connectivity index (χ0) is 24.7. The standard InChI is InChI=1S/C24H23Cl2FN2O3S2/c1-34(31,32)29(20-5-2-4-19(25)14-20)15-17-8-10-18(11-9-17)24(30)28-12-13-33-16-21-22(26)6-3-7-23(21)27/h2-11,14H,12-13,15-16H2,1H3,(H,28,30). The summed E-state index contributed by atoms with van der Waals surface area (Å²) in [5.41, 5.74) is 2.10. The number of thioether (sulfide) groups is 1. The largest absolute Gasteiger partial charge is 0.351 e. The summed E-state index contributed by atoms with van der Waals surface area (Å²) in [6.07, 6.45) is 1.13. The van der Waals surface area contributed by atoms with E-state index < -0.39 is 10.0 Å². The van der Waals surface area contributed by atoms with Crippen LogP contribution in [0.3, 0.4) is 0 Å². The fourth-order valence-corrected chi connectivity index (χ4v) is 5.40. The minimum Gasteiger partial charge on any atom is -0.351 e. The number of sulfonamides is 1. The molecule has 0 fully saturated rings. The molecule has 0 heterocycles. The number of nitrogens with one attached hydrogen (secondary N) is 1. The van der Waals surface area contributed by atoms with Gasteiger partial charge in [-0.2, -0.15) is 11.8 Å². The lowest BCUT2D eigenvalue weighted by Gasteiger charge is -2.22. The summed E-state index contributed by atoms with van der Waals surface area (Å²) in [6.45, 7) is 0.518. The third-order valence-corrected chi connectivity index (χ3v) is 7.59. The third kappa shape index (κ3) is 7.37. The van der Waals surface area contributed by atoms with Gasteiger partial charge >= 0.3 is 0 Å². The Morgan fingerprint density at radius 3 is 2.41 bits per heavy atom. The van der Waals surface area contributed by atoms with Crippen LogP contribution in [0.2, 0.25) is 10.0 Å². The summed E-state index contributed by atoms with van der Waals surface area (Å²) < 4.78 is 39.7. The summed E-state index contributed by atoms with van der Waals surface area (Å²) in [4.78, 5) is 12.4. The molecule has 0 aliphatic heterocycles. The van der Waals surface area contributed by atoms with Gasteiger partial charge in [0.2, 0.25) is 10.0 Å². The Bertz CT molecular complexity index is 1240. The van der Waals surface area contributed by atoms with Crippen molar-refractivity contribution < 1.29 is 17.6 Å². The van der Waals surface area contributed by atoms with Crippen molar-refractivity contribution in [1.29, 1.82) is 0 Å². The van der Waals surface area contributed by atoms with Gasteiger partial charge in [-0.05, 0) is 48.0 Å². The zero-order valence-electron chi connectivity index (χ0n) is 18.3. The smallest absolute Gasteiger partial charge is 0.251 e. The molecule has 5 nitrogen and oxygen atoms in total. The van der Waals surface area contributed by atoms with Gasteiger partial charge in [-0.15, -0.1) is 0 Å². The maximum atomic E-state index is 13.8. The Morgan fingerprint density at radius 2 is 1.76 bits per heavy atom. The topological polar surface area (TPSA) is 66.5 Å². The summed E-state index contributed by atoms with van der Waals surface area (Å²) in [6, 6.07) is 17.9. The summed E-state index contributed by atoms with van der Waals surface area (Å²) in [5.74, 6) is 0.427. The SMILES string of the molecule is CS(=O)(=O)N(Cc1ccc(C(=O)NCCSCc2c(F)cccc2Cl)cc1)c1cccc(Cl)c1. The number of nitrogens with zero attached hydrogens (tertiary/aromatic N) is 1. The lowest BCUT2D eigenvalue weighted by atomic mass is 10.1. The molecule has 1 N–H and O–H groups in total. The first kappa shape index (κ1) is 26.3. The van der Waals surface area contributed by atoms with E-state index in [1.807, 2.05) is 0 Å². The molecule has 180 valence electrons. The number of hydrogen-bond acceptors (Lipinski definition) is 4. The van der Waals surface area contributed by atoms with Crippen molar-refractivity contribution in [2.45, 2.75) is 12.3 Å². The first-order chi connectivity index (χ1) is 16.1. The highest BCUT2D eigenvalue weighted by Crippen LogP contribution is 2.25. The average Bonchev–Trinajstić information content (AvgIpc) is 2.78. The van der Waals surface area contributed by atoms with Crippen molar-refractivity contribution in [2.24, 2.45) is 0 Å². The lowest BCUT2D eigenvalue weighted by molar-refractivity contribution is 0.0956. The maximum Gasteiger partial charge on any atom is 0.251 e. The van der Waals surface area contributed by atoms with Crippen LogP contribution in [0.1, 0.15) is 21.5 Å². The van der Waals surface area contributed by atoms with Crippen molar-refractivity contribution in [3.05, 3.63) is 99.3 Å². The van der Waals surface area contributed by atoms with E-state index in [0.29, 0.717) is 44.9 Å². The van der Waals surface area contributed by atoms with E-state index in [-0.39, 0.29) is 18.3 Å². The van der Waals surface area contributed by atoms with Gasteiger partial charge in [0, 0.05) is 39.2 Å². The second-order valence-corrected chi connectivity index (χ2v) is 11.3. The first-order valence-corrected chi connectivity index (χ1v) is 14.0. The third-order valence-electron chi connectivity index (χ3n) is 4.88. The molecular formula is C24H23Cl2FN2O3S2. The van der Waals surface area contributed by atoms with E-state index in [0.717, 1.165) is 11.8 Å². The normalized spacial score (nSPS) is 11.3. The molecule has 0 aliphatic carbocycles. The van der Waals surface area contributed by atoms with Crippen LogP contribution < -0.4 is 9.62 Å². The quantitative estimate of drug-likeness (QED) is 0.332. The molecule has 0 saturated carbocycles. The van der Waals surface area contributed by atoms with Gasteiger partial charge in [0.05, 0.1) is 18.5 Å². The molecule has 0 aromatic heterocycles. The number of carbonyl (C=O) groups is 1. The molecule has 10 heteroatoms. The van der Waals surface area contributed by atoms with Gasteiger partial charge in [-0.1, -0.05) is 47.5 Å². The zero-order valence-corrected chi connectivity index (χ0v) is 21.4. The van der Waals surface area contributed by atoms with Crippen LogP contribution in [0, 0.1) is 5.82 Å². The molecule has 34 heavy (non-hydrogen) atoms. The van der Waals surface area contributed by atoms with Crippen LogP contribution in [-0.2, 0) is 22.3 Å². The van der Waals surface area contributed by atoms with E-state index in [1.54, 1.807) is 60.7 Å². The van der Waals surface area contributed by atoms with Crippen LogP contribution in [0.25, 0.3) is 0 Å². The predicted octanol–water partition coefficient (Wildman–Crippen LogP) is 5.76. The number of halogens is 3. The van der Waals surface area contributed by atoms with E-state index >= 15 is 0 Å². The Morgan fingerprint density at radius 1 is 1.06 bits per heavy atom. The summed E-state index contributed by atoms with van der Waals surface area (Å²) >= 11 is 13.5. The fraction of sp³-hybridized carbons (Fsp3) is 0.208. The summed E-state index contributed by atoms with van der Waals surface area (Å²) in [5, 5.41) is 3.65. The van der Waals surface area contributed by atoms with Gasteiger partial charge in [-0.3, -0.25) is 9.10 Å². The Balaban J connectivity index is 1.53. The molecule has 0 spiro atoms. The van der Waals surface area contributed by atoms with Crippen molar-refractivity contribution >= 4 is 56.6 Å². The number of benzene rings is 3. The van der Waals surface area contributed by atoms with E-state index in [9.17, 15) is 17.6 Å². The van der Waals surface area contributed by atoms with Gasteiger partial charge < -0.3 is 5.32 Å². The molecule has 3 aromatic carbocycles. The minimum absolute atomic E-state index is 0.107. The van der Waals surface area contributed by atoms with Gasteiger partial charge in [0.15, 0.2) is 0 Å². The number of anilines is 1. The van der Waals surface area contributed by atoms with Gasteiger partial charge in [0.1, 0.15) is 5.82 Å². The number of carbonyl (C=O) groups excluding carboxylic acids is 1. The molecule has 0 bridgehead atoms. The molecular weight excluding hydrogens is 518 g/mol. The van der Waals surface area contributed by atoms with Crippen LogP contribution in [0.15, 0.2) is 66.7 Å². The second-order valence-electron chi connectivity index (χ2n) is 7.46. The fourth-order valence-electron chi connectivity index (χ4n) is 3.14. The molecule has 0 aliphatic rings. The number of amides is 1. The maximum absolute atomic E-state index is 13.8. The highest BCUT2D eigenvalue weighted by atomic mass is 35.5. The molecule has 0 saturated heterocycles. The number of rotatable bonds is 10. The Hall–Kier alpha value is -2.26. The van der Waals surface area contributed by atoms with E-state index in [4.69, 9.17) is 23.2 Å². The molecule has 3 aromatic rings. The lowest BCUT2D eigenvalue weighted by Crippen LogP contribution is -2.29. The molecule has 0 atom stereocenters. The van der Waals surface area contributed by atoms with E-state index in [1.165, 1.54) is 22.1 Å². The minimum atomic E-state index is -3.54. The van der Waals surface area contributed by atoms with Crippen molar-refractivity contribution in [3.8, 4) is 0 Å². The van der Waals surface area contributed by atoms with Gasteiger partial charge in [0.25, 0.3) is 5.91 Å².